The minimum absolute atomic E-state index is 0.126. The SMILES string of the molecule is Clc1nc2c(N3CCCC3)nc(N3CCNCC3)nc2nc1NC1(c2ccccc2)CC1. The topological polar surface area (TPSA) is 82.1 Å². The van der Waals surface area contributed by atoms with E-state index >= 15 is 0 Å². The number of nitrogens with one attached hydrogen (secondary N) is 2. The highest BCUT2D eigenvalue weighted by atomic mass is 35.5. The molecule has 2 aliphatic heterocycles. The molecule has 2 saturated heterocycles. The Morgan fingerprint density at radius 1 is 0.875 bits per heavy atom. The number of rotatable bonds is 5. The minimum atomic E-state index is -0.126. The molecule has 3 aliphatic rings. The highest BCUT2D eigenvalue weighted by Crippen LogP contribution is 2.48. The van der Waals surface area contributed by atoms with Crippen LogP contribution in [0.2, 0.25) is 5.15 Å². The van der Waals surface area contributed by atoms with Gasteiger partial charge in [0.1, 0.15) is 0 Å². The lowest BCUT2D eigenvalue weighted by molar-refractivity contribution is 0.580. The fourth-order valence-electron chi connectivity index (χ4n) is 4.73. The fourth-order valence-corrected chi connectivity index (χ4v) is 4.91. The molecule has 2 aromatic heterocycles. The summed E-state index contributed by atoms with van der Waals surface area (Å²) in [5.74, 6) is 2.18. The number of anilines is 3. The first-order valence-electron chi connectivity index (χ1n) is 11.5. The number of nitrogens with zero attached hydrogens (tertiary/aromatic N) is 6. The normalized spacial score (nSPS) is 20.0. The molecule has 0 atom stereocenters. The van der Waals surface area contributed by atoms with Gasteiger partial charge in [-0.05, 0) is 31.2 Å². The summed E-state index contributed by atoms with van der Waals surface area (Å²) in [7, 11) is 0. The zero-order valence-corrected chi connectivity index (χ0v) is 18.8. The second kappa shape index (κ2) is 8.01. The van der Waals surface area contributed by atoms with Crippen LogP contribution < -0.4 is 20.4 Å². The van der Waals surface area contributed by atoms with E-state index < -0.39 is 0 Å². The molecule has 3 aromatic rings. The quantitative estimate of drug-likeness (QED) is 0.613. The van der Waals surface area contributed by atoms with E-state index in [4.69, 9.17) is 31.5 Å². The van der Waals surface area contributed by atoms with Crippen LogP contribution >= 0.6 is 11.6 Å². The van der Waals surface area contributed by atoms with Gasteiger partial charge in [-0.1, -0.05) is 41.9 Å². The van der Waals surface area contributed by atoms with Crippen molar-refractivity contribution < 1.29 is 0 Å². The maximum absolute atomic E-state index is 6.66. The number of benzene rings is 1. The lowest BCUT2D eigenvalue weighted by atomic mass is 10.1. The molecule has 4 heterocycles. The third-order valence-electron chi connectivity index (χ3n) is 6.70. The number of piperazine rings is 1. The summed E-state index contributed by atoms with van der Waals surface area (Å²) < 4.78 is 0. The Balaban J connectivity index is 1.42. The molecule has 0 amide bonds. The Morgan fingerprint density at radius 3 is 2.34 bits per heavy atom. The van der Waals surface area contributed by atoms with Crippen molar-refractivity contribution in [2.24, 2.45) is 0 Å². The Morgan fingerprint density at radius 2 is 1.62 bits per heavy atom. The zero-order chi connectivity index (χ0) is 21.5. The van der Waals surface area contributed by atoms with Gasteiger partial charge in [0.15, 0.2) is 28.0 Å². The summed E-state index contributed by atoms with van der Waals surface area (Å²) in [5.41, 5.74) is 2.41. The van der Waals surface area contributed by atoms with Crippen molar-refractivity contribution in [2.45, 2.75) is 31.2 Å². The third-order valence-corrected chi connectivity index (χ3v) is 6.96. The van der Waals surface area contributed by atoms with Crippen LogP contribution in [0, 0.1) is 0 Å². The smallest absolute Gasteiger partial charge is 0.229 e. The van der Waals surface area contributed by atoms with E-state index in [0.29, 0.717) is 22.1 Å². The molecule has 0 unspecified atom stereocenters. The molecule has 6 rings (SSSR count). The van der Waals surface area contributed by atoms with Gasteiger partial charge in [0.25, 0.3) is 0 Å². The van der Waals surface area contributed by atoms with E-state index in [9.17, 15) is 0 Å². The molecule has 0 radical (unpaired) electrons. The van der Waals surface area contributed by atoms with E-state index in [2.05, 4.69) is 44.7 Å². The first-order valence-corrected chi connectivity index (χ1v) is 11.9. The largest absolute Gasteiger partial charge is 0.358 e. The Bertz CT molecular complexity index is 1120. The first kappa shape index (κ1) is 19.9. The van der Waals surface area contributed by atoms with Crippen molar-refractivity contribution in [1.29, 1.82) is 0 Å². The van der Waals surface area contributed by atoms with Crippen LogP contribution in [0.5, 0.6) is 0 Å². The third kappa shape index (κ3) is 3.61. The van der Waals surface area contributed by atoms with Gasteiger partial charge in [-0.15, -0.1) is 0 Å². The van der Waals surface area contributed by atoms with Crippen molar-refractivity contribution in [1.82, 2.24) is 25.3 Å². The van der Waals surface area contributed by atoms with Gasteiger partial charge in [-0.25, -0.2) is 9.97 Å². The van der Waals surface area contributed by atoms with Gasteiger partial charge in [-0.2, -0.15) is 9.97 Å². The van der Waals surface area contributed by atoms with E-state index in [1.165, 1.54) is 5.56 Å². The molecule has 2 N–H and O–H groups in total. The van der Waals surface area contributed by atoms with Gasteiger partial charge < -0.3 is 20.4 Å². The van der Waals surface area contributed by atoms with Crippen molar-refractivity contribution >= 4 is 40.3 Å². The lowest BCUT2D eigenvalue weighted by Gasteiger charge is -2.28. The highest BCUT2D eigenvalue weighted by Gasteiger charge is 2.45. The van der Waals surface area contributed by atoms with Gasteiger partial charge in [-0.3, -0.25) is 0 Å². The van der Waals surface area contributed by atoms with E-state index in [1.54, 1.807) is 0 Å². The van der Waals surface area contributed by atoms with Crippen LogP contribution in [-0.4, -0.2) is 59.2 Å². The van der Waals surface area contributed by atoms with Crippen LogP contribution in [0.3, 0.4) is 0 Å². The average Bonchev–Trinajstić information content (AvgIpc) is 3.41. The van der Waals surface area contributed by atoms with Gasteiger partial charge in [0, 0.05) is 39.3 Å². The van der Waals surface area contributed by atoms with E-state index in [0.717, 1.165) is 76.7 Å². The summed E-state index contributed by atoms with van der Waals surface area (Å²) >= 11 is 6.66. The molecule has 1 aliphatic carbocycles. The average molecular weight is 451 g/mol. The summed E-state index contributed by atoms with van der Waals surface area (Å²) in [5, 5.41) is 7.36. The van der Waals surface area contributed by atoms with E-state index in [1.807, 2.05) is 6.07 Å². The molecule has 8 nitrogen and oxygen atoms in total. The van der Waals surface area contributed by atoms with Crippen LogP contribution in [0.25, 0.3) is 11.2 Å². The fraction of sp³-hybridized carbons (Fsp3) is 0.478. The molecule has 3 fully saturated rings. The monoisotopic (exact) mass is 450 g/mol. The summed E-state index contributed by atoms with van der Waals surface area (Å²) in [6, 6.07) is 10.5. The summed E-state index contributed by atoms with van der Waals surface area (Å²) in [4.78, 5) is 23.9. The summed E-state index contributed by atoms with van der Waals surface area (Å²) in [6.45, 7) is 5.58. The Hall–Kier alpha value is -2.71. The van der Waals surface area contributed by atoms with Crippen LogP contribution in [0.4, 0.5) is 17.6 Å². The number of aromatic nitrogens is 4. The number of halogens is 1. The Kier molecular flexibility index (Phi) is 4.99. The van der Waals surface area contributed by atoms with Crippen molar-refractivity contribution in [3.05, 3.63) is 41.0 Å². The van der Waals surface area contributed by atoms with Crippen LogP contribution in [0.1, 0.15) is 31.2 Å². The second-order valence-electron chi connectivity index (χ2n) is 8.89. The lowest BCUT2D eigenvalue weighted by Crippen LogP contribution is -2.44. The standard InChI is InChI=1S/C23H27ClN8/c24-18-20(30-23(8-9-23)16-6-2-1-3-7-16)27-19-17(26-18)21(31-12-4-5-13-31)29-22(28-19)32-14-10-25-11-15-32/h1-3,6-7,25H,4-5,8-15H2,(H,27,28,29,30). The molecule has 0 spiro atoms. The molecular weight excluding hydrogens is 424 g/mol. The van der Waals surface area contributed by atoms with Crippen LogP contribution in [-0.2, 0) is 5.54 Å². The summed E-state index contributed by atoms with van der Waals surface area (Å²) in [6.07, 6.45) is 4.41. The van der Waals surface area contributed by atoms with Gasteiger partial charge in [0.05, 0.1) is 5.54 Å². The minimum Gasteiger partial charge on any atom is -0.358 e. The van der Waals surface area contributed by atoms with Crippen molar-refractivity contribution in [2.75, 3.05) is 54.4 Å². The molecular formula is C23H27ClN8. The first-order chi connectivity index (χ1) is 15.7. The maximum Gasteiger partial charge on any atom is 0.229 e. The van der Waals surface area contributed by atoms with Crippen molar-refractivity contribution in [3.63, 3.8) is 0 Å². The second-order valence-corrected chi connectivity index (χ2v) is 9.24. The predicted molar refractivity (Wildman–Crippen MR) is 128 cm³/mol. The number of fused-ring (bicyclic) bond motifs is 1. The molecule has 166 valence electrons. The number of hydrogen-bond acceptors (Lipinski definition) is 8. The molecule has 0 bridgehead atoms. The highest BCUT2D eigenvalue weighted by molar-refractivity contribution is 6.32. The maximum atomic E-state index is 6.66. The van der Waals surface area contributed by atoms with Crippen molar-refractivity contribution in [3.8, 4) is 0 Å². The molecule has 1 saturated carbocycles. The molecule has 9 heteroatoms. The van der Waals surface area contributed by atoms with Gasteiger partial charge in [0.2, 0.25) is 5.95 Å². The molecule has 32 heavy (non-hydrogen) atoms. The zero-order valence-electron chi connectivity index (χ0n) is 18.0. The van der Waals surface area contributed by atoms with Crippen LogP contribution in [0.15, 0.2) is 30.3 Å². The van der Waals surface area contributed by atoms with Gasteiger partial charge >= 0.3 is 0 Å². The van der Waals surface area contributed by atoms with E-state index in [-0.39, 0.29) is 5.54 Å². The molecule has 1 aromatic carbocycles. The Labute approximate surface area is 192 Å². The predicted octanol–water partition coefficient (Wildman–Crippen LogP) is 3.18. The number of hydrogen-bond donors (Lipinski definition) is 2.